The van der Waals surface area contributed by atoms with Crippen LogP contribution in [0.15, 0.2) is 10.8 Å². The van der Waals surface area contributed by atoms with Gasteiger partial charge in [-0.25, -0.2) is 0 Å². The molecule has 0 saturated heterocycles. The maximum atomic E-state index is 11.9. The number of thioether (sulfide) groups is 2. The summed E-state index contributed by atoms with van der Waals surface area (Å²) in [6.07, 6.45) is 0.856. The summed E-state index contributed by atoms with van der Waals surface area (Å²) in [4.78, 5) is 11.9. The summed E-state index contributed by atoms with van der Waals surface area (Å²) in [5, 5.41) is 6.59. The Morgan fingerprint density at radius 1 is 1.44 bits per heavy atom. The van der Waals surface area contributed by atoms with Crippen molar-refractivity contribution in [3.05, 3.63) is 10.8 Å². The van der Waals surface area contributed by atoms with E-state index in [2.05, 4.69) is 19.2 Å². The molecule has 1 heterocycles. The Hall–Kier alpha value is 0.160. The molecule has 0 aromatic rings. The van der Waals surface area contributed by atoms with Gasteiger partial charge in [0.1, 0.15) is 0 Å². The van der Waals surface area contributed by atoms with Crippen LogP contribution in [0.1, 0.15) is 20.3 Å². The van der Waals surface area contributed by atoms with Gasteiger partial charge in [0.05, 0.1) is 0 Å². The molecular formula is C10H19ClN2OS2. The van der Waals surface area contributed by atoms with E-state index >= 15 is 0 Å². The van der Waals surface area contributed by atoms with Crippen molar-refractivity contribution in [1.29, 1.82) is 0 Å². The molecule has 1 amide bonds. The van der Waals surface area contributed by atoms with Crippen LogP contribution in [0.5, 0.6) is 0 Å². The first-order valence-corrected chi connectivity index (χ1v) is 6.77. The fourth-order valence-corrected chi connectivity index (χ4v) is 3.94. The number of nitrogens with two attached hydrogens (primary N) is 1. The Kier molecular flexibility index (Phi) is 6.86. The first-order chi connectivity index (χ1) is 7.03. The summed E-state index contributed by atoms with van der Waals surface area (Å²) in [7, 11) is 1.66. The fraction of sp³-hybridized carbons (Fsp3) is 0.700. The van der Waals surface area contributed by atoms with E-state index in [1.165, 1.54) is 23.5 Å². The second-order valence-electron chi connectivity index (χ2n) is 3.99. The number of nitrogens with one attached hydrogen (secondary N) is 1. The average molecular weight is 283 g/mol. The molecule has 1 aliphatic heterocycles. The smallest absolute Gasteiger partial charge is 0.248 e. The number of hydrogen-bond acceptors (Lipinski definition) is 4. The van der Waals surface area contributed by atoms with Gasteiger partial charge in [0.2, 0.25) is 5.91 Å². The molecule has 0 fully saturated rings. The molecule has 0 unspecified atom stereocenters. The first kappa shape index (κ1) is 16.2. The lowest BCUT2D eigenvalue weighted by Gasteiger charge is -2.32. The summed E-state index contributed by atoms with van der Waals surface area (Å²) in [6.45, 7) is 4.24. The Morgan fingerprint density at radius 3 is 2.31 bits per heavy atom. The lowest BCUT2D eigenvalue weighted by atomic mass is 10.0. The van der Waals surface area contributed by atoms with E-state index in [-0.39, 0.29) is 24.4 Å². The molecule has 94 valence electrons. The van der Waals surface area contributed by atoms with Crippen molar-refractivity contribution in [1.82, 2.24) is 5.32 Å². The minimum atomic E-state index is -0.557. The highest BCUT2D eigenvalue weighted by atomic mass is 35.5. The van der Waals surface area contributed by atoms with E-state index < -0.39 is 4.08 Å². The molecule has 3 nitrogen and oxygen atoms in total. The predicted octanol–water partition coefficient (Wildman–Crippen LogP) is 2.18. The predicted molar refractivity (Wildman–Crippen MR) is 75.8 cm³/mol. The maximum Gasteiger partial charge on any atom is 0.248 e. The summed E-state index contributed by atoms with van der Waals surface area (Å²) in [5.41, 5.74) is 6.15. The van der Waals surface area contributed by atoms with Gasteiger partial charge in [0.15, 0.2) is 4.08 Å². The van der Waals surface area contributed by atoms with Crippen LogP contribution in [-0.2, 0) is 4.79 Å². The zero-order valence-electron chi connectivity index (χ0n) is 9.73. The third kappa shape index (κ3) is 3.32. The van der Waals surface area contributed by atoms with E-state index in [1.54, 1.807) is 7.05 Å². The largest absolute Gasteiger partial charge is 0.357 e. The molecule has 0 aliphatic carbocycles. The first-order valence-electron chi connectivity index (χ1n) is 5.01. The van der Waals surface area contributed by atoms with Crippen LogP contribution in [-0.4, -0.2) is 23.1 Å². The molecule has 1 rings (SSSR count). The quantitative estimate of drug-likeness (QED) is 0.830. The van der Waals surface area contributed by atoms with Crippen LogP contribution in [0.3, 0.4) is 0 Å². The van der Waals surface area contributed by atoms with Crippen molar-refractivity contribution in [3.8, 4) is 0 Å². The fourth-order valence-electron chi connectivity index (χ4n) is 1.57. The summed E-state index contributed by atoms with van der Waals surface area (Å²) >= 11 is 3.04. The minimum Gasteiger partial charge on any atom is -0.357 e. The molecule has 0 aromatic heterocycles. The molecule has 0 spiro atoms. The van der Waals surface area contributed by atoms with Gasteiger partial charge in [-0.15, -0.1) is 35.9 Å². The molecule has 6 heteroatoms. The monoisotopic (exact) mass is 282 g/mol. The van der Waals surface area contributed by atoms with E-state index in [0.29, 0.717) is 5.92 Å². The lowest BCUT2D eigenvalue weighted by Crippen LogP contribution is -2.52. The van der Waals surface area contributed by atoms with Crippen LogP contribution in [0, 0.1) is 5.92 Å². The number of halogens is 1. The normalized spacial score (nSPS) is 19.3. The van der Waals surface area contributed by atoms with Gasteiger partial charge in [-0.3, -0.25) is 4.79 Å². The zero-order chi connectivity index (χ0) is 11.5. The number of rotatable bonds is 4. The number of amides is 1. The molecular weight excluding hydrogens is 264 g/mol. The highest BCUT2D eigenvalue weighted by Gasteiger charge is 2.46. The summed E-state index contributed by atoms with van der Waals surface area (Å²) in [5.74, 6) is 0.513. The SMILES string of the molecule is CNC(=O)C1([C@@H](N)CC(C)C)SC=CS1.Cl. The van der Waals surface area contributed by atoms with Crippen LogP contribution < -0.4 is 11.1 Å². The van der Waals surface area contributed by atoms with E-state index in [9.17, 15) is 4.79 Å². The van der Waals surface area contributed by atoms with Gasteiger partial charge in [0.25, 0.3) is 0 Å². The molecule has 0 radical (unpaired) electrons. The molecule has 16 heavy (non-hydrogen) atoms. The van der Waals surface area contributed by atoms with Crippen molar-refractivity contribution in [3.63, 3.8) is 0 Å². The summed E-state index contributed by atoms with van der Waals surface area (Å²) < 4.78 is -0.557. The van der Waals surface area contributed by atoms with Gasteiger partial charge in [0, 0.05) is 13.1 Å². The zero-order valence-corrected chi connectivity index (χ0v) is 12.2. The molecule has 0 saturated carbocycles. The molecule has 0 aromatic carbocycles. The Morgan fingerprint density at radius 2 is 1.94 bits per heavy atom. The van der Waals surface area contributed by atoms with Crippen molar-refractivity contribution in [2.45, 2.75) is 30.4 Å². The average Bonchev–Trinajstić information content (AvgIpc) is 2.65. The maximum absolute atomic E-state index is 11.9. The second-order valence-corrected chi connectivity index (χ2v) is 6.55. The van der Waals surface area contributed by atoms with E-state index in [0.717, 1.165) is 6.42 Å². The van der Waals surface area contributed by atoms with Crippen LogP contribution in [0.25, 0.3) is 0 Å². The van der Waals surface area contributed by atoms with E-state index in [4.69, 9.17) is 5.73 Å². The molecule has 1 atom stereocenters. The number of hydrogen-bond donors (Lipinski definition) is 2. The van der Waals surface area contributed by atoms with Gasteiger partial charge in [-0.2, -0.15) is 0 Å². The van der Waals surface area contributed by atoms with E-state index in [1.807, 2.05) is 10.8 Å². The number of carbonyl (C=O) groups excluding carboxylic acids is 1. The van der Waals surface area contributed by atoms with Crippen molar-refractivity contribution in [2.24, 2.45) is 11.7 Å². The third-order valence-electron chi connectivity index (χ3n) is 2.30. The van der Waals surface area contributed by atoms with Crippen LogP contribution in [0.2, 0.25) is 0 Å². The van der Waals surface area contributed by atoms with Crippen molar-refractivity contribution in [2.75, 3.05) is 7.05 Å². The van der Waals surface area contributed by atoms with Crippen molar-refractivity contribution < 1.29 is 4.79 Å². The topological polar surface area (TPSA) is 55.1 Å². The number of carbonyl (C=O) groups is 1. The molecule has 0 bridgehead atoms. The van der Waals surface area contributed by atoms with Gasteiger partial charge in [-0.05, 0) is 23.2 Å². The highest BCUT2D eigenvalue weighted by molar-refractivity contribution is 8.24. The van der Waals surface area contributed by atoms with Crippen molar-refractivity contribution >= 4 is 41.8 Å². The third-order valence-corrected chi connectivity index (χ3v) is 5.27. The highest BCUT2D eigenvalue weighted by Crippen LogP contribution is 2.48. The van der Waals surface area contributed by atoms with Crippen LogP contribution >= 0.6 is 35.9 Å². The minimum absolute atomic E-state index is 0. The molecule has 3 N–H and O–H groups in total. The Labute approximate surface area is 112 Å². The van der Waals surface area contributed by atoms with Gasteiger partial charge in [-0.1, -0.05) is 13.8 Å². The second kappa shape index (κ2) is 6.79. The molecule has 1 aliphatic rings. The summed E-state index contributed by atoms with van der Waals surface area (Å²) in [6, 6.07) is -0.123. The van der Waals surface area contributed by atoms with Gasteiger partial charge >= 0.3 is 0 Å². The van der Waals surface area contributed by atoms with Gasteiger partial charge < -0.3 is 11.1 Å². The van der Waals surface area contributed by atoms with Crippen LogP contribution in [0.4, 0.5) is 0 Å². The Balaban J connectivity index is 0.00000225. The Bertz CT molecular complexity index is 264. The lowest BCUT2D eigenvalue weighted by molar-refractivity contribution is -0.121. The standard InChI is InChI=1S/C10H18N2OS2.ClH/c1-7(2)6-8(11)10(9(13)12-3)14-4-5-15-10;/h4-5,7-8H,6,11H2,1-3H3,(H,12,13);1H/t8-;/m0./s1.